The molecule has 0 saturated carbocycles. The van der Waals surface area contributed by atoms with Crippen molar-refractivity contribution in [1.82, 2.24) is 0 Å². The van der Waals surface area contributed by atoms with E-state index in [1.807, 2.05) is 13.8 Å². The number of carbonyl (C=O) groups is 1. The second-order valence-electron chi connectivity index (χ2n) is 2.93. The largest absolute Gasteiger partial charge is 0.463 e. The van der Waals surface area contributed by atoms with Crippen molar-refractivity contribution in [2.45, 2.75) is 32.7 Å². The Morgan fingerprint density at radius 2 is 2.15 bits per heavy atom. The summed E-state index contributed by atoms with van der Waals surface area (Å²) >= 11 is 0. The lowest BCUT2D eigenvalue weighted by Crippen LogP contribution is -2.18. The predicted molar refractivity (Wildman–Crippen MR) is 50.3 cm³/mol. The van der Waals surface area contributed by atoms with Gasteiger partial charge in [0.1, 0.15) is 6.61 Å². The van der Waals surface area contributed by atoms with E-state index in [0.717, 1.165) is 0 Å². The van der Waals surface area contributed by atoms with Gasteiger partial charge in [-0.25, -0.2) is 0 Å². The molecule has 1 atom stereocenters. The van der Waals surface area contributed by atoms with Gasteiger partial charge in [-0.3, -0.25) is 4.79 Å². The monoisotopic (exact) mass is 189 g/mol. The summed E-state index contributed by atoms with van der Waals surface area (Å²) in [7, 11) is 0. The fraction of sp³-hybridized carbons (Fsp3) is 0.889. The van der Waals surface area contributed by atoms with Gasteiger partial charge in [-0.05, 0) is 20.3 Å². The van der Waals surface area contributed by atoms with E-state index in [1.54, 1.807) is 0 Å². The van der Waals surface area contributed by atoms with Crippen LogP contribution in [-0.2, 0) is 14.3 Å². The third-order valence-electron chi connectivity index (χ3n) is 1.50. The molecule has 4 nitrogen and oxygen atoms in total. The van der Waals surface area contributed by atoms with Gasteiger partial charge in [0.15, 0.2) is 0 Å². The summed E-state index contributed by atoms with van der Waals surface area (Å²) in [6, 6.07) is 0.0550. The van der Waals surface area contributed by atoms with Crippen LogP contribution in [0.1, 0.15) is 26.7 Å². The molecule has 1 unspecified atom stereocenters. The van der Waals surface area contributed by atoms with Gasteiger partial charge in [0.2, 0.25) is 0 Å². The van der Waals surface area contributed by atoms with Crippen LogP contribution in [0.25, 0.3) is 0 Å². The molecular formula is C9H19NO3. The Morgan fingerprint density at radius 3 is 2.69 bits per heavy atom. The van der Waals surface area contributed by atoms with Crippen molar-refractivity contribution in [1.29, 1.82) is 0 Å². The molecule has 13 heavy (non-hydrogen) atoms. The molecule has 0 aliphatic rings. The van der Waals surface area contributed by atoms with Crippen molar-refractivity contribution in [2.24, 2.45) is 5.73 Å². The number of nitrogens with two attached hydrogens (primary N) is 1. The highest BCUT2D eigenvalue weighted by atomic mass is 16.6. The summed E-state index contributed by atoms with van der Waals surface area (Å²) in [6.45, 7) is 5.23. The number of ether oxygens (including phenoxy) is 2. The molecule has 0 heterocycles. The Balaban J connectivity index is 3.20. The van der Waals surface area contributed by atoms with E-state index in [-0.39, 0.29) is 12.0 Å². The van der Waals surface area contributed by atoms with Crippen LogP contribution < -0.4 is 5.73 Å². The molecule has 0 aliphatic heterocycles. The molecule has 0 bridgehead atoms. The number of rotatable bonds is 7. The fourth-order valence-electron chi connectivity index (χ4n) is 0.776. The minimum Gasteiger partial charge on any atom is -0.463 e. The van der Waals surface area contributed by atoms with Crippen LogP contribution in [0.5, 0.6) is 0 Å². The summed E-state index contributed by atoms with van der Waals surface area (Å²) in [4.78, 5) is 11.0. The molecule has 0 rings (SSSR count). The molecule has 0 fully saturated rings. The van der Waals surface area contributed by atoms with Gasteiger partial charge in [0.25, 0.3) is 0 Å². The Bertz CT molecular complexity index is 137. The zero-order valence-electron chi connectivity index (χ0n) is 8.41. The van der Waals surface area contributed by atoms with Crippen LogP contribution in [0.4, 0.5) is 0 Å². The van der Waals surface area contributed by atoms with E-state index in [0.29, 0.717) is 32.7 Å². The first kappa shape index (κ1) is 12.4. The molecule has 0 aliphatic carbocycles. The van der Waals surface area contributed by atoms with E-state index in [1.165, 1.54) is 0 Å². The van der Waals surface area contributed by atoms with Crippen LogP contribution >= 0.6 is 0 Å². The van der Waals surface area contributed by atoms with E-state index in [2.05, 4.69) is 0 Å². The smallest absolute Gasteiger partial charge is 0.305 e. The molecule has 0 spiro atoms. The number of hydrogen-bond acceptors (Lipinski definition) is 4. The van der Waals surface area contributed by atoms with Gasteiger partial charge >= 0.3 is 5.97 Å². The molecule has 0 saturated heterocycles. The summed E-state index contributed by atoms with van der Waals surface area (Å²) in [5.41, 5.74) is 5.48. The molecule has 0 aromatic heterocycles. The third kappa shape index (κ3) is 9.30. The normalized spacial score (nSPS) is 12.5. The maximum atomic E-state index is 11.0. The maximum absolute atomic E-state index is 11.0. The summed E-state index contributed by atoms with van der Waals surface area (Å²) in [5, 5.41) is 0. The van der Waals surface area contributed by atoms with E-state index >= 15 is 0 Å². The predicted octanol–water partition coefficient (Wildman–Crippen LogP) is 0.694. The quantitative estimate of drug-likeness (QED) is 0.473. The van der Waals surface area contributed by atoms with E-state index in [9.17, 15) is 4.79 Å². The molecule has 0 aromatic carbocycles. The highest BCUT2D eigenvalue weighted by Crippen LogP contribution is 1.95. The fourth-order valence-corrected chi connectivity index (χ4v) is 0.776. The second kappa shape index (κ2) is 8.01. The Hall–Kier alpha value is -0.610. The molecule has 0 aromatic rings. The van der Waals surface area contributed by atoms with Gasteiger partial charge < -0.3 is 15.2 Å². The van der Waals surface area contributed by atoms with Crippen LogP contribution in [0.3, 0.4) is 0 Å². The van der Waals surface area contributed by atoms with Crippen molar-refractivity contribution in [3.8, 4) is 0 Å². The molecule has 4 heteroatoms. The van der Waals surface area contributed by atoms with Gasteiger partial charge in [0.05, 0.1) is 6.61 Å². The molecule has 2 N–H and O–H groups in total. The molecular weight excluding hydrogens is 170 g/mol. The van der Waals surface area contributed by atoms with E-state index in [4.69, 9.17) is 15.2 Å². The highest BCUT2D eigenvalue weighted by Gasteiger charge is 2.03. The number of hydrogen-bond donors (Lipinski definition) is 1. The Labute approximate surface area is 79.4 Å². The van der Waals surface area contributed by atoms with Gasteiger partial charge in [-0.2, -0.15) is 0 Å². The summed E-state index contributed by atoms with van der Waals surface area (Å²) in [6.07, 6.45) is 1.07. The number of carbonyl (C=O) groups excluding carboxylic acids is 1. The minimum absolute atomic E-state index is 0.0550. The lowest BCUT2D eigenvalue weighted by atomic mass is 10.2. The van der Waals surface area contributed by atoms with Crippen LogP contribution in [0, 0.1) is 0 Å². The average molecular weight is 189 g/mol. The van der Waals surface area contributed by atoms with Crippen molar-refractivity contribution in [3.63, 3.8) is 0 Å². The van der Waals surface area contributed by atoms with Crippen LogP contribution in [0.2, 0.25) is 0 Å². The third-order valence-corrected chi connectivity index (χ3v) is 1.50. The standard InChI is InChI=1S/C9H19NO3/c1-3-12-6-7-13-9(11)5-4-8(2)10/h8H,3-7,10H2,1-2H3. The zero-order valence-corrected chi connectivity index (χ0v) is 8.41. The molecule has 0 amide bonds. The average Bonchev–Trinajstić information content (AvgIpc) is 2.09. The summed E-state index contributed by atoms with van der Waals surface area (Å²) in [5.74, 6) is -0.197. The zero-order chi connectivity index (χ0) is 10.1. The number of esters is 1. The van der Waals surface area contributed by atoms with Gasteiger partial charge in [-0.15, -0.1) is 0 Å². The highest BCUT2D eigenvalue weighted by molar-refractivity contribution is 5.69. The topological polar surface area (TPSA) is 61.5 Å². The first-order valence-electron chi connectivity index (χ1n) is 4.65. The van der Waals surface area contributed by atoms with Gasteiger partial charge in [-0.1, -0.05) is 0 Å². The summed E-state index contributed by atoms with van der Waals surface area (Å²) < 4.78 is 9.88. The Kier molecular flexibility index (Phi) is 7.63. The second-order valence-corrected chi connectivity index (χ2v) is 2.93. The lowest BCUT2D eigenvalue weighted by molar-refractivity contribution is -0.145. The van der Waals surface area contributed by atoms with Crippen molar-refractivity contribution in [3.05, 3.63) is 0 Å². The van der Waals surface area contributed by atoms with Crippen molar-refractivity contribution < 1.29 is 14.3 Å². The SMILES string of the molecule is CCOCCOC(=O)CCC(C)N. The maximum Gasteiger partial charge on any atom is 0.305 e. The van der Waals surface area contributed by atoms with Crippen molar-refractivity contribution >= 4 is 5.97 Å². The van der Waals surface area contributed by atoms with Crippen LogP contribution in [-0.4, -0.2) is 31.8 Å². The van der Waals surface area contributed by atoms with Crippen molar-refractivity contribution in [2.75, 3.05) is 19.8 Å². The Morgan fingerprint density at radius 1 is 1.46 bits per heavy atom. The first-order valence-corrected chi connectivity index (χ1v) is 4.65. The molecule has 78 valence electrons. The van der Waals surface area contributed by atoms with Crippen LogP contribution in [0.15, 0.2) is 0 Å². The molecule has 0 radical (unpaired) electrons. The first-order chi connectivity index (χ1) is 6.16. The lowest BCUT2D eigenvalue weighted by Gasteiger charge is -2.06. The minimum atomic E-state index is -0.197. The van der Waals surface area contributed by atoms with E-state index < -0.39 is 0 Å². The van der Waals surface area contributed by atoms with Gasteiger partial charge in [0, 0.05) is 19.1 Å².